The third-order valence-electron chi connectivity index (χ3n) is 5.14. The van der Waals surface area contributed by atoms with Gasteiger partial charge in [0.05, 0.1) is 12.2 Å². The number of aromatic nitrogens is 6. The number of aromatic amines is 2. The van der Waals surface area contributed by atoms with Gasteiger partial charge < -0.3 is 14.9 Å². The standard InChI is InChI=1S/C19H18FN7O/c20-13-9-14(19(28)23-11-13)15-2-1-6-26(15)17-3-7-27-18(25-17)12(10-24-27)8-16-21-4-5-22-16/h3-5,7,9-11,15H,1-2,6,8H2,(H,21,22)(H,23,28)/t15-/m1/s1. The number of rotatable bonds is 4. The van der Waals surface area contributed by atoms with Crippen LogP contribution in [-0.2, 0) is 6.42 Å². The van der Waals surface area contributed by atoms with Crippen LogP contribution in [0.4, 0.5) is 10.2 Å². The molecule has 0 unspecified atom stereocenters. The first-order valence-corrected chi connectivity index (χ1v) is 9.15. The highest BCUT2D eigenvalue weighted by Crippen LogP contribution is 2.34. The molecule has 28 heavy (non-hydrogen) atoms. The number of nitrogens with zero attached hydrogens (tertiary/aromatic N) is 5. The van der Waals surface area contributed by atoms with Crippen molar-refractivity contribution < 1.29 is 4.39 Å². The van der Waals surface area contributed by atoms with Gasteiger partial charge >= 0.3 is 0 Å². The molecule has 5 rings (SSSR count). The van der Waals surface area contributed by atoms with E-state index in [-0.39, 0.29) is 11.6 Å². The van der Waals surface area contributed by atoms with Gasteiger partial charge in [-0.05, 0) is 25.0 Å². The second-order valence-corrected chi connectivity index (χ2v) is 6.89. The Bertz CT molecular complexity index is 1180. The highest BCUT2D eigenvalue weighted by Gasteiger charge is 2.29. The van der Waals surface area contributed by atoms with Crippen molar-refractivity contribution in [3.63, 3.8) is 0 Å². The fraction of sp³-hybridized carbons (Fsp3) is 0.263. The minimum atomic E-state index is -0.443. The van der Waals surface area contributed by atoms with Crippen molar-refractivity contribution in [1.29, 1.82) is 0 Å². The molecule has 1 aliphatic rings. The molecule has 1 aliphatic heterocycles. The van der Waals surface area contributed by atoms with Gasteiger partial charge in [0, 0.05) is 48.9 Å². The summed E-state index contributed by atoms with van der Waals surface area (Å²) in [5.41, 5.74) is 1.87. The number of halogens is 1. The van der Waals surface area contributed by atoms with Crippen molar-refractivity contribution in [2.45, 2.75) is 25.3 Å². The van der Waals surface area contributed by atoms with Crippen molar-refractivity contribution in [2.24, 2.45) is 0 Å². The summed E-state index contributed by atoms with van der Waals surface area (Å²) in [6, 6.07) is 3.00. The molecule has 4 aromatic rings. The van der Waals surface area contributed by atoms with E-state index in [9.17, 15) is 9.18 Å². The topological polar surface area (TPSA) is 95.0 Å². The molecule has 9 heteroatoms. The quantitative estimate of drug-likeness (QED) is 0.567. The molecule has 2 N–H and O–H groups in total. The van der Waals surface area contributed by atoms with Crippen LogP contribution in [0.25, 0.3) is 5.65 Å². The van der Waals surface area contributed by atoms with Gasteiger partial charge in [-0.2, -0.15) is 5.10 Å². The lowest BCUT2D eigenvalue weighted by Gasteiger charge is -2.25. The van der Waals surface area contributed by atoms with E-state index in [2.05, 4.69) is 25.0 Å². The Morgan fingerprint density at radius 1 is 1.32 bits per heavy atom. The van der Waals surface area contributed by atoms with Crippen molar-refractivity contribution in [3.05, 3.63) is 76.2 Å². The van der Waals surface area contributed by atoms with Crippen LogP contribution in [0.1, 0.15) is 35.8 Å². The molecule has 0 aromatic carbocycles. The van der Waals surface area contributed by atoms with E-state index in [4.69, 9.17) is 4.98 Å². The molecule has 1 fully saturated rings. The van der Waals surface area contributed by atoms with E-state index in [0.29, 0.717) is 12.0 Å². The zero-order chi connectivity index (χ0) is 19.1. The molecular formula is C19H18FN7O. The van der Waals surface area contributed by atoms with Crippen LogP contribution >= 0.6 is 0 Å². The molecule has 0 amide bonds. The summed E-state index contributed by atoms with van der Waals surface area (Å²) in [7, 11) is 0. The van der Waals surface area contributed by atoms with Crippen molar-refractivity contribution >= 4 is 11.5 Å². The van der Waals surface area contributed by atoms with Gasteiger partial charge in [-0.1, -0.05) is 0 Å². The van der Waals surface area contributed by atoms with Gasteiger partial charge in [0.15, 0.2) is 5.65 Å². The average Bonchev–Trinajstić information content (AvgIpc) is 3.45. The SMILES string of the molecule is O=c1[nH]cc(F)cc1[C@H]1CCCN1c1ccn2ncc(Cc3ncc[nH]3)c2n1. The van der Waals surface area contributed by atoms with Crippen molar-refractivity contribution in [1.82, 2.24) is 29.5 Å². The van der Waals surface area contributed by atoms with Crippen molar-refractivity contribution in [2.75, 3.05) is 11.4 Å². The Kier molecular flexibility index (Phi) is 3.92. The summed E-state index contributed by atoms with van der Waals surface area (Å²) in [5, 5.41) is 4.36. The predicted molar refractivity (Wildman–Crippen MR) is 101 cm³/mol. The number of fused-ring (bicyclic) bond motifs is 1. The maximum Gasteiger partial charge on any atom is 0.253 e. The van der Waals surface area contributed by atoms with E-state index in [1.165, 1.54) is 6.07 Å². The first-order chi connectivity index (χ1) is 13.7. The third-order valence-corrected chi connectivity index (χ3v) is 5.14. The van der Waals surface area contributed by atoms with E-state index < -0.39 is 5.82 Å². The fourth-order valence-electron chi connectivity index (χ4n) is 3.85. The van der Waals surface area contributed by atoms with Gasteiger partial charge in [-0.25, -0.2) is 18.9 Å². The summed E-state index contributed by atoms with van der Waals surface area (Å²) in [6.45, 7) is 0.755. The lowest BCUT2D eigenvalue weighted by Crippen LogP contribution is -2.28. The highest BCUT2D eigenvalue weighted by atomic mass is 19.1. The molecule has 0 bridgehead atoms. The van der Waals surface area contributed by atoms with Gasteiger partial charge in [-0.15, -0.1) is 0 Å². The lowest BCUT2D eigenvalue weighted by molar-refractivity contribution is 0.607. The second-order valence-electron chi connectivity index (χ2n) is 6.89. The van der Waals surface area contributed by atoms with Gasteiger partial charge in [0.25, 0.3) is 5.56 Å². The zero-order valence-corrected chi connectivity index (χ0v) is 15.0. The number of anilines is 1. The maximum absolute atomic E-state index is 13.7. The smallest absolute Gasteiger partial charge is 0.253 e. The van der Waals surface area contributed by atoms with E-state index >= 15 is 0 Å². The van der Waals surface area contributed by atoms with Crippen LogP contribution in [0.5, 0.6) is 0 Å². The van der Waals surface area contributed by atoms with E-state index in [1.54, 1.807) is 23.1 Å². The number of hydrogen-bond acceptors (Lipinski definition) is 5. The van der Waals surface area contributed by atoms with Gasteiger partial charge in [-0.3, -0.25) is 4.79 Å². The predicted octanol–water partition coefficient (Wildman–Crippen LogP) is 2.21. The Labute approximate surface area is 159 Å². The molecule has 0 aliphatic carbocycles. The first kappa shape index (κ1) is 16.7. The van der Waals surface area contributed by atoms with Crippen LogP contribution in [0.3, 0.4) is 0 Å². The number of H-pyrrole nitrogens is 2. The van der Waals surface area contributed by atoms with Crippen LogP contribution in [0.2, 0.25) is 0 Å². The minimum absolute atomic E-state index is 0.203. The summed E-state index contributed by atoms with van der Waals surface area (Å²) in [4.78, 5) is 28.9. The van der Waals surface area contributed by atoms with Gasteiger partial charge in [0.1, 0.15) is 17.5 Å². The summed E-state index contributed by atoms with van der Waals surface area (Å²) >= 11 is 0. The molecule has 0 radical (unpaired) electrons. The maximum atomic E-state index is 13.7. The number of pyridine rings is 1. The molecule has 0 spiro atoms. The molecule has 1 saturated heterocycles. The molecule has 4 aromatic heterocycles. The largest absolute Gasteiger partial charge is 0.349 e. The molecule has 8 nitrogen and oxygen atoms in total. The zero-order valence-electron chi connectivity index (χ0n) is 15.0. The Morgan fingerprint density at radius 3 is 3.11 bits per heavy atom. The summed E-state index contributed by atoms with van der Waals surface area (Å²) < 4.78 is 15.4. The van der Waals surface area contributed by atoms with E-state index in [0.717, 1.165) is 48.4 Å². The fourth-order valence-corrected chi connectivity index (χ4v) is 3.85. The van der Waals surface area contributed by atoms with Crippen LogP contribution in [-0.4, -0.2) is 36.1 Å². The van der Waals surface area contributed by atoms with Gasteiger partial charge in [0.2, 0.25) is 0 Å². The molecular weight excluding hydrogens is 361 g/mol. The molecule has 5 heterocycles. The number of nitrogens with one attached hydrogen (secondary N) is 2. The average molecular weight is 379 g/mol. The number of imidazole rings is 1. The highest BCUT2D eigenvalue weighted by molar-refractivity contribution is 5.54. The molecule has 142 valence electrons. The normalized spacial score (nSPS) is 16.9. The minimum Gasteiger partial charge on any atom is -0.349 e. The third kappa shape index (κ3) is 2.84. The van der Waals surface area contributed by atoms with Crippen molar-refractivity contribution in [3.8, 4) is 0 Å². The van der Waals surface area contributed by atoms with E-state index in [1.807, 2.05) is 12.3 Å². The Hall–Kier alpha value is -3.49. The van der Waals surface area contributed by atoms with Crippen LogP contribution in [0.15, 0.2) is 47.9 Å². The molecule has 0 saturated carbocycles. The summed E-state index contributed by atoms with van der Waals surface area (Å²) in [5.74, 6) is 1.15. The number of hydrogen-bond donors (Lipinski definition) is 2. The monoisotopic (exact) mass is 379 g/mol. The summed E-state index contributed by atoms with van der Waals surface area (Å²) in [6.07, 6.45) is 10.5. The Morgan fingerprint density at radius 2 is 2.25 bits per heavy atom. The lowest BCUT2D eigenvalue weighted by atomic mass is 10.1. The first-order valence-electron chi connectivity index (χ1n) is 9.15. The Balaban J connectivity index is 1.53. The van der Waals surface area contributed by atoms with Crippen LogP contribution < -0.4 is 10.5 Å². The second kappa shape index (κ2) is 6.59. The molecule has 1 atom stereocenters. The van der Waals surface area contributed by atoms with Crippen LogP contribution in [0, 0.1) is 5.82 Å².